The van der Waals surface area contributed by atoms with Crippen molar-refractivity contribution in [1.29, 1.82) is 0 Å². The van der Waals surface area contributed by atoms with Crippen LogP contribution in [0.5, 0.6) is 0 Å². The Labute approximate surface area is 136 Å². The molecule has 0 unspecified atom stereocenters. The Morgan fingerprint density at radius 3 is 2.67 bits per heavy atom. The molecule has 2 aromatic heterocycles. The lowest BCUT2D eigenvalue weighted by Crippen LogP contribution is -2.20. The van der Waals surface area contributed by atoms with E-state index in [1.165, 1.54) is 45.9 Å². The number of amides is 1. The van der Waals surface area contributed by atoms with Crippen molar-refractivity contribution in [3.63, 3.8) is 0 Å². The number of nitrogens with zero attached hydrogens (tertiary/aromatic N) is 4. The van der Waals surface area contributed by atoms with Crippen molar-refractivity contribution in [1.82, 2.24) is 19.6 Å². The Balaban J connectivity index is 1.83. The molecule has 0 radical (unpaired) electrons. The van der Waals surface area contributed by atoms with Gasteiger partial charge in [0.05, 0.1) is 17.6 Å². The molecule has 24 heavy (non-hydrogen) atoms. The summed E-state index contributed by atoms with van der Waals surface area (Å²) >= 11 is 0. The van der Waals surface area contributed by atoms with Crippen LogP contribution in [0.3, 0.4) is 0 Å². The van der Waals surface area contributed by atoms with Crippen LogP contribution in [0.15, 0.2) is 47.5 Å². The van der Waals surface area contributed by atoms with Crippen LogP contribution in [0.2, 0.25) is 0 Å². The topological polar surface area (TPSA) is 81.8 Å². The minimum Gasteiger partial charge on any atom is -0.319 e. The number of anilines is 1. The molecule has 0 fully saturated rings. The zero-order valence-electron chi connectivity index (χ0n) is 13.0. The number of aromatic nitrogens is 4. The van der Waals surface area contributed by atoms with Crippen molar-refractivity contribution >= 4 is 11.6 Å². The molecule has 0 atom stereocenters. The first-order valence-corrected chi connectivity index (χ1v) is 7.11. The van der Waals surface area contributed by atoms with Gasteiger partial charge in [0, 0.05) is 19.3 Å². The van der Waals surface area contributed by atoms with Gasteiger partial charge in [0.25, 0.3) is 11.5 Å². The second-order valence-corrected chi connectivity index (χ2v) is 5.27. The monoisotopic (exact) mass is 327 g/mol. The van der Waals surface area contributed by atoms with Crippen molar-refractivity contribution < 1.29 is 9.18 Å². The van der Waals surface area contributed by atoms with Crippen molar-refractivity contribution in [2.75, 3.05) is 5.32 Å². The fourth-order valence-electron chi connectivity index (χ4n) is 2.11. The van der Waals surface area contributed by atoms with Crippen LogP contribution >= 0.6 is 0 Å². The van der Waals surface area contributed by atoms with Crippen LogP contribution in [0, 0.1) is 12.7 Å². The molecule has 0 saturated carbocycles. The fourth-order valence-corrected chi connectivity index (χ4v) is 2.11. The van der Waals surface area contributed by atoms with Crippen LogP contribution < -0.4 is 10.9 Å². The second kappa shape index (κ2) is 6.07. The summed E-state index contributed by atoms with van der Waals surface area (Å²) < 4.78 is 14.3. The summed E-state index contributed by atoms with van der Waals surface area (Å²) in [4.78, 5) is 25.1. The van der Waals surface area contributed by atoms with E-state index < -0.39 is 5.91 Å². The molecule has 1 aromatic carbocycles. The largest absolute Gasteiger partial charge is 0.319 e. The molecule has 0 saturated heterocycles. The first-order valence-electron chi connectivity index (χ1n) is 7.11. The Morgan fingerprint density at radius 1 is 1.25 bits per heavy atom. The number of benzene rings is 1. The summed E-state index contributed by atoms with van der Waals surface area (Å²) in [7, 11) is 1.60. The predicted octanol–water partition coefficient (Wildman–Crippen LogP) is 1.67. The number of hydrogen-bond acceptors (Lipinski definition) is 4. The SMILES string of the molecule is Cc1cc(=O)n(C)cc1NC(=O)c1cnn(-c2ccc(F)cc2)n1. The van der Waals surface area contributed by atoms with Crippen LogP contribution in [0.4, 0.5) is 10.1 Å². The summed E-state index contributed by atoms with van der Waals surface area (Å²) in [5.41, 5.74) is 1.64. The Bertz CT molecular complexity index is 959. The van der Waals surface area contributed by atoms with E-state index in [1.54, 1.807) is 20.2 Å². The zero-order chi connectivity index (χ0) is 17.3. The van der Waals surface area contributed by atoms with Gasteiger partial charge in [-0.3, -0.25) is 9.59 Å². The molecule has 122 valence electrons. The lowest BCUT2D eigenvalue weighted by atomic mass is 10.2. The molecular formula is C16H14FN5O2. The molecular weight excluding hydrogens is 313 g/mol. The van der Waals surface area contributed by atoms with Crippen LogP contribution in [0.1, 0.15) is 16.1 Å². The van der Waals surface area contributed by atoms with Crippen LogP contribution in [-0.4, -0.2) is 25.5 Å². The first-order chi connectivity index (χ1) is 11.4. The number of halogens is 1. The van der Waals surface area contributed by atoms with Gasteiger partial charge in [0.1, 0.15) is 5.82 Å². The van der Waals surface area contributed by atoms with Gasteiger partial charge in [-0.15, -0.1) is 5.10 Å². The van der Waals surface area contributed by atoms with E-state index in [9.17, 15) is 14.0 Å². The van der Waals surface area contributed by atoms with Gasteiger partial charge < -0.3 is 9.88 Å². The molecule has 2 heterocycles. The van der Waals surface area contributed by atoms with E-state index in [4.69, 9.17) is 0 Å². The molecule has 0 bridgehead atoms. The molecule has 7 nitrogen and oxygen atoms in total. The third-order valence-electron chi connectivity index (χ3n) is 3.47. The highest BCUT2D eigenvalue weighted by Gasteiger charge is 2.13. The molecule has 0 aliphatic heterocycles. The number of carbonyl (C=O) groups excluding carboxylic acids is 1. The number of aryl methyl sites for hydroxylation is 2. The van der Waals surface area contributed by atoms with Crippen molar-refractivity contribution in [2.45, 2.75) is 6.92 Å². The Hall–Kier alpha value is -3.29. The van der Waals surface area contributed by atoms with Crippen LogP contribution in [0.25, 0.3) is 5.69 Å². The summed E-state index contributed by atoms with van der Waals surface area (Å²) in [6, 6.07) is 7.02. The molecule has 0 aliphatic rings. The van der Waals surface area contributed by atoms with Gasteiger partial charge in [-0.05, 0) is 36.8 Å². The first kappa shape index (κ1) is 15.6. The molecule has 0 spiro atoms. The number of pyridine rings is 1. The maximum Gasteiger partial charge on any atom is 0.277 e. The lowest BCUT2D eigenvalue weighted by molar-refractivity contribution is 0.102. The molecule has 0 aliphatic carbocycles. The van der Waals surface area contributed by atoms with Crippen molar-refractivity contribution in [2.24, 2.45) is 7.05 Å². The third-order valence-corrected chi connectivity index (χ3v) is 3.47. The summed E-state index contributed by atoms with van der Waals surface area (Å²) in [6.45, 7) is 1.73. The molecule has 1 N–H and O–H groups in total. The number of hydrogen-bond donors (Lipinski definition) is 1. The van der Waals surface area contributed by atoms with Gasteiger partial charge in [-0.1, -0.05) is 0 Å². The van der Waals surface area contributed by atoms with Gasteiger partial charge >= 0.3 is 0 Å². The minimum atomic E-state index is -0.454. The average Bonchev–Trinajstić information content (AvgIpc) is 3.03. The van der Waals surface area contributed by atoms with Crippen LogP contribution in [-0.2, 0) is 7.05 Å². The van der Waals surface area contributed by atoms with E-state index in [2.05, 4.69) is 15.5 Å². The van der Waals surface area contributed by atoms with Gasteiger partial charge in [0.15, 0.2) is 5.69 Å². The minimum absolute atomic E-state index is 0.104. The van der Waals surface area contributed by atoms with E-state index in [1.807, 2.05) is 0 Å². The Morgan fingerprint density at radius 2 is 1.96 bits per heavy atom. The van der Waals surface area contributed by atoms with Gasteiger partial charge in [-0.25, -0.2) is 4.39 Å². The Kier molecular flexibility index (Phi) is 3.95. The normalized spacial score (nSPS) is 10.6. The summed E-state index contributed by atoms with van der Waals surface area (Å²) in [5, 5.41) is 10.8. The third kappa shape index (κ3) is 3.07. The van der Waals surface area contributed by atoms with Gasteiger partial charge in [-0.2, -0.15) is 9.90 Å². The second-order valence-electron chi connectivity index (χ2n) is 5.27. The highest BCUT2D eigenvalue weighted by molar-refractivity contribution is 6.02. The smallest absolute Gasteiger partial charge is 0.277 e. The van der Waals surface area contributed by atoms with E-state index in [0.717, 1.165) is 0 Å². The fraction of sp³-hybridized carbons (Fsp3) is 0.125. The van der Waals surface area contributed by atoms with Crippen molar-refractivity contribution in [3.8, 4) is 5.69 Å². The molecule has 8 heteroatoms. The molecule has 1 amide bonds. The highest BCUT2D eigenvalue weighted by Crippen LogP contribution is 2.13. The zero-order valence-corrected chi connectivity index (χ0v) is 13.0. The lowest BCUT2D eigenvalue weighted by Gasteiger charge is -2.08. The number of nitrogens with one attached hydrogen (secondary N) is 1. The summed E-state index contributed by atoms with van der Waals surface area (Å²) in [5.74, 6) is -0.820. The average molecular weight is 327 g/mol. The quantitative estimate of drug-likeness (QED) is 0.793. The number of carbonyl (C=O) groups is 1. The maximum absolute atomic E-state index is 12.9. The highest BCUT2D eigenvalue weighted by atomic mass is 19.1. The maximum atomic E-state index is 12.9. The van der Waals surface area contributed by atoms with Gasteiger partial charge in [0.2, 0.25) is 0 Å². The predicted molar refractivity (Wildman–Crippen MR) is 85.7 cm³/mol. The van der Waals surface area contributed by atoms with Crippen molar-refractivity contribution in [3.05, 3.63) is 70.2 Å². The van der Waals surface area contributed by atoms with E-state index in [-0.39, 0.29) is 17.1 Å². The molecule has 3 aromatic rings. The number of rotatable bonds is 3. The van der Waals surface area contributed by atoms with E-state index >= 15 is 0 Å². The molecule has 3 rings (SSSR count). The standard InChI is InChI=1S/C16H14FN5O2/c1-10-7-15(23)21(2)9-14(10)19-16(24)13-8-18-22(20-13)12-5-3-11(17)4-6-12/h3-9H,1-2H3,(H,19,24). The van der Waals surface area contributed by atoms with E-state index in [0.29, 0.717) is 16.9 Å². The summed E-state index contributed by atoms with van der Waals surface area (Å²) in [6.07, 6.45) is 2.86.